The van der Waals surface area contributed by atoms with Gasteiger partial charge in [0, 0.05) is 11.4 Å². The van der Waals surface area contributed by atoms with E-state index in [-0.39, 0.29) is 18.5 Å². The maximum atomic E-state index is 13.4. The van der Waals surface area contributed by atoms with Crippen LogP contribution < -0.4 is 5.63 Å². The lowest BCUT2D eigenvalue weighted by atomic mass is 10.1. The summed E-state index contributed by atoms with van der Waals surface area (Å²) in [4.78, 5) is 27.7. The van der Waals surface area contributed by atoms with Crippen LogP contribution in [-0.4, -0.2) is 26.6 Å². The summed E-state index contributed by atoms with van der Waals surface area (Å²) >= 11 is 0. The van der Waals surface area contributed by atoms with Gasteiger partial charge >= 0.3 is 5.63 Å². The maximum Gasteiger partial charge on any atom is 0.347 e. The van der Waals surface area contributed by atoms with Crippen molar-refractivity contribution in [1.82, 2.24) is 14.7 Å². The number of aryl methyl sites for hydroxylation is 1. The summed E-state index contributed by atoms with van der Waals surface area (Å²) in [7, 11) is 0. The minimum absolute atomic E-state index is 0.0302. The van der Waals surface area contributed by atoms with Crippen LogP contribution in [0.5, 0.6) is 0 Å². The van der Waals surface area contributed by atoms with Gasteiger partial charge in [-0.3, -0.25) is 9.48 Å². The van der Waals surface area contributed by atoms with E-state index in [1.165, 1.54) is 6.20 Å². The van der Waals surface area contributed by atoms with Gasteiger partial charge in [0.2, 0.25) is 5.91 Å². The van der Waals surface area contributed by atoms with Crippen molar-refractivity contribution >= 4 is 27.8 Å². The summed E-state index contributed by atoms with van der Waals surface area (Å²) < 4.78 is 12.6. The maximum absolute atomic E-state index is 13.4. The van der Waals surface area contributed by atoms with E-state index in [1.54, 1.807) is 17.0 Å². The molecule has 154 valence electrons. The molecule has 0 unspecified atom stereocenters. The largest absolute Gasteiger partial charge is 0.467 e. The number of benzene rings is 1. The molecule has 1 fully saturated rings. The number of furan rings is 1. The molecule has 3 heterocycles. The van der Waals surface area contributed by atoms with Crippen LogP contribution in [-0.2, 0) is 17.9 Å². The normalized spacial score (nSPS) is 14.7. The van der Waals surface area contributed by atoms with Gasteiger partial charge in [-0.15, -0.1) is 0 Å². The van der Waals surface area contributed by atoms with E-state index in [1.807, 2.05) is 36.1 Å². The molecule has 3 aromatic heterocycles. The van der Waals surface area contributed by atoms with Gasteiger partial charge in [0.15, 0.2) is 0 Å². The Kier molecular flexibility index (Phi) is 4.65. The zero-order valence-corrected chi connectivity index (χ0v) is 16.8. The first-order chi connectivity index (χ1) is 14.6. The Bertz CT molecular complexity index is 1260. The standard InChI is InChI=1S/C23H23N3O4/c1-15-8-9-20-18(11-15)22-19(23(28)30-20)12-24-26(22)14-21(27)25(16-5-2-3-6-16)13-17-7-4-10-29-17/h4,7-12,16H,2-3,5-6,13-14H2,1H3. The lowest BCUT2D eigenvalue weighted by Gasteiger charge is -2.28. The van der Waals surface area contributed by atoms with Gasteiger partial charge in [-0.25, -0.2) is 4.79 Å². The molecule has 7 nitrogen and oxygen atoms in total. The molecule has 7 heteroatoms. The minimum atomic E-state index is -0.441. The van der Waals surface area contributed by atoms with Gasteiger partial charge in [0.25, 0.3) is 0 Å². The average Bonchev–Trinajstić information content (AvgIpc) is 3.49. The summed E-state index contributed by atoms with van der Waals surface area (Å²) in [5.41, 5.74) is 1.74. The first kappa shape index (κ1) is 18.7. The fourth-order valence-corrected chi connectivity index (χ4v) is 4.44. The van der Waals surface area contributed by atoms with Crippen molar-refractivity contribution in [2.24, 2.45) is 0 Å². The van der Waals surface area contributed by atoms with Crippen LogP contribution in [0.4, 0.5) is 0 Å². The quantitative estimate of drug-likeness (QED) is 0.469. The van der Waals surface area contributed by atoms with Crippen LogP contribution in [0, 0.1) is 6.92 Å². The Morgan fingerprint density at radius 1 is 1.23 bits per heavy atom. The number of amides is 1. The summed E-state index contributed by atoms with van der Waals surface area (Å²) in [6.45, 7) is 2.48. The summed E-state index contributed by atoms with van der Waals surface area (Å²) in [5.74, 6) is 0.736. The number of aromatic nitrogens is 2. The van der Waals surface area contributed by atoms with E-state index in [4.69, 9.17) is 8.83 Å². The highest BCUT2D eigenvalue weighted by Crippen LogP contribution is 2.27. The Labute approximate surface area is 172 Å². The molecule has 1 aliphatic rings. The second kappa shape index (κ2) is 7.48. The van der Waals surface area contributed by atoms with Gasteiger partial charge in [-0.05, 0) is 44.0 Å². The van der Waals surface area contributed by atoms with E-state index in [0.29, 0.717) is 23.0 Å². The molecular weight excluding hydrogens is 382 g/mol. The third kappa shape index (κ3) is 3.30. The number of carbonyl (C=O) groups is 1. The van der Waals surface area contributed by atoms with E-state index in [0.717, 1.165) is 42.4 Å². The fourth-order valence-electron chi connectivity index (χ4n) is 4.44. The smallest absolute Gasteiger partial charge is 0.347 e. The summed E-state index contributed by atoms with van der Waals surface area (Å²) in [6.07, 6.45) is 7.37. The Morgan fingerprint density at radius 3 is 2.83 bits per heavy atom. The molecule has 4 aromatic rings. The number of carbonyl (C=O) groups excluding carboxylic acids is 1. The third-order valence-electron chi connectivity index (χ3n) is 5.93. The molecule has 0 bridgehead atoms. The van der Waals surface area contributed by atoms with Gasteiger partial charge in [0.1, 0.15) is 23.3 Å². The molecule has 1 aliphatic carbocycles. The van der Waals surface area contributed by atoms with Gasteiger partial charge in [-0.1, -0.05) is 24.5 Å². The number of hydrogen-bond donors (Lipinski definition) is 0. The molecule has 0 spiro atoms. The summed E-state index contributed by atoms with van der Waals surface area (Å²) in [5, 5.41) is 5.54. The van der Waals surface area contributed by atoms with Crippen LogP contribution in [0.2, 0.25) is 0 Å². The van der Waals surface area contributed by atoms with Crippen molar-refractivity contribution < 1.29 is 13.6 Å². The molecule has 1 aromatic carbocycles. The predicted molar refractivity (Wildman–Crippen MR) is 112 cm³/mol. The highest BCUT2D eigenvalue weighted by Gasteiger charge is 2.28. The van der Waals surface area contributed by atoms with Crippen molar-refractivity contribution in [3.63, 3.8) is 0 Å². The lowest BCUT2D eigenvalue weighted by molar-refractivity contribution is -0.135. The number of rotatable bonds is 5. The van der Waals surface area contributed by atoms with Crippen LogP contribution in [0.3, 0.4) is 0 Å². The Hall–Kier alpha value is -3.35. The zero-order chi connectivity index (χ0) is 20.7. The van der Waals surface area contributed by atoms with Crippen LogP contribution in [0.25, 0.3) is 21.9 Å². The van der Waals surface area contributed by atoms with E-state index < -0.39 is 5.63 Å². The topological polar surface area (TPSA) is 81.5 Å². The van der Waals surface area contributed by atoms with Crippen LogP contribution >= 0.6 is 0 Å². The lowest BCUT2D eigenvalue weighted by Crippen LogP contribution is -2.40. The number of nitrogens with zero attached hydrogens (tertiary/aromatic N) is 3. The first-order valence-electron chi connectivity index (χ1n) is 10.3. The SMILES string of the molecule is Cc1ccc2oc(=O)c3cnn(CC(=O)N(Cc4ccco4)C4CCCC4)c3c2c1. The van der Waals surface area contributed by atoms with Crippen molar-refractivity contribution in [2.45, 2.75) is 51.7 Å². The molecule has 0 atom stereocenters. The Balaban J connectivity index is 1.53. The molecular formula is C23H23N3O4. The van der Waals surface area contributed by atoms with Gasteiger partial charge < -0.3 is 13.7 Å². The van der Waals surface area contributed by atoms with Crippen LogP contribution in [0.1, 0.15) is 37.0 Å². The highest BCUT2D eigenvalue weighted by atomic mass is 16.4. The van der Waals surface area contributed by atoms with E-state index >= 15 is 0 Å². The molecule has 0 aliphatic heterocycles. The summed E-state index contributed by atoms with van der Waals surface area (Å²) in [6, 6.07) is 9.57. The van der Waals surface area contributed by atoms with E-state index in [2.05, 4.69) is 5.10 Å². The molecule has 0 saturated heterocycles. The number of hydrogen-bond acceptors (Lipinski definition) is 5. The third-order valence-corrected chi connectivity index (χ3v) is 5.93. The molecule has 0 N–H and O–H groups in total. The molecule has 1 saturated carbocycles. The van der Waals surface area contributed by atoms with Crippen molar-refractivity contribution in [3.8, 4) is 0 Å². The predicted octanol–water partition coefficient (Wildman–Crippen LogP) is 4.02. The highest BCUT2D eigenvalue weighted by molar-refractivity contribution is 6.02. The molecule has 5 rings (SSSR count). The minimum Gasteiger partial charge on any atom is -0.467 e. The Morgan fingerprint density at radius 2 is 2.07 bits per heavy atom. The molecule has 30 heavy (non-hydrogen) atoms. The van der Waals surface area contributed by atoms with Crippen LogP contribution in [0.15, 0.2) is 56.4 Å². The second-order valence-corrected chi connectivity index (χ2v) is 7.99. The van der Waals surface area contributed by atoms with Gasteiger partial charge in [-0.2, -0.15) is 5.10 Å². The second-order valence-electron chi connectivity index (χ2n) is 7.99. The first-order valence-corrected chi connectivity index (χ1v) is 10.3. The van der Waals surface area contributed by atoms with Crippen molar-refractivity contribution in [2.75, 3.05) is 0 Å². The van der Waals surface area contributed by atoms with Crippen molar-refractivity contribution in [1.29, 1.82) is 0 Å². The average molecular weight is 405 g/mol. The molecule has 0 radical (unpaired) electrons. The molecule has 1 amide bonds. The number of fused-ring (bicyclic) bond motifs is 3. The van der Waals surface area contributed by atoms with Gasteiger partial charge in [0.05, 0.1) is 24.5 Å². The van der Waals surface area contributed by atoms with E-state index in [9.17, 15) is 9.59 Å². The van der Waals surface area contributed by atoms with Crippen molar-refractivity contribution in [3.05, 3.63) is 64.5 Å². The fraction of sp³-hybridized carbons (Fsp3) is 0.348. The monoisotopic (exact) mass is 405 g/mol. The zero-order valence-electron chi connectivity index (χ0n) is 16.8.